The molecule has 0 spiro atoms. The second-order valence-corrected chi connectivity index (χ2v) is 6.03. The maximum Gasteiger partial charge on any atom is 0.338 e. The molecular formula is C21H16N2O4. The van der Waals surface area contributed by atoms with E-state index in [0.29, 0.717) is 22.3 Å². The standard InChI is InChI=1S/C21H16N2O4/c1-26-16-9-8-13-10-15(7-6-14(13)11-16)21(25)27-12-19-22-18-5-3-2-4-17(18)20(24)23-19/h2-11H,12H2,1H3,(H,22,23,24). The second kappa shape index (κ2) is 6.92. The number of hydrogen-bond donors (Lipinski definition) is 1. The molecule has 1 aromatic heterocycles. The van der Waals surface area contributed by atoms with Crippen LogP contribution in [0.4, 0.5) is 0 Å². The van der Waals surface area contributed by atoms with Gasteiger partial charge in [0.25, 0.3) is 5.56 Å². The molecule has 0 saturated carbocycles. The molecule has 4 aromatic rings. The number of esters is 1. The second-order valence-electron chi connectivity index (χ2n) is 6.03. The predicted octanol–water partition coefficient (Wildman–Crippen LogP) is 3.44. The number of carbonyl (C=O) groups excluding carboxylic acids is 1. The van der Waals surface area contributed by atoms with Gasteiger partial charge in [-0.3, -0.25) is 4.79 Å². The number of nitrogens with one attached hydrogen (secondary N) is 1. The fourth-order valence-corrected chi connectivity index (χ4v) is 2.90. The van der Waals surface area contributed by atoms with Crippen molar-refractivity contribution >= 4 is 27.6 Å². The maximum absolute atomic E-state index is 12.4. The van der Waals surface area contributed by atoms with Gasteiger partial charge in [-0.15, -0.1) is 0 Å². The summed E-state index contributed by atoms with van der Waals surface area (Å²) >= 11 is 0. The SMILES string of the molecule is COc1ccc2cc(C(=O)OCc3nc4ccccc4c(=O)[nH]3)ccc2c1. The van der Waals surface area contributed by atoms with Crippen molar-refractivity contribution < 1.29 is 14.3 Å². The molecule has 1 heterocycles. The third kappa shape index (κ3) is 3.37. The lowest BCUT2D eigenvalue weighted by Crippen LogP contribution is -2.14. The molecule has 0 amide bonds. The van der Waals surface area contributed by atoms with Crippen LogP contribution >= 0.6 is 0 Å². The molecule has 0 aliphatic rings. The van der Waals surface area contributed by atoms with E-state index in [4.69, 9.17) is 9.47 Å². The topological polar surface area (TPSA) is 81.3 Å². The Bertz CT molecular complexity index is 1210. The van der Waals surface area contributed by atoms with Crippen LogP contribution in [0.15, 0.2) is 65.5 Å². The van der Waals surface area contributed by atoms with Crippen LogP contribution in [0.1, 0.15) is 16.2 Å². The molecule has 0 fully saturated rings. The highest BCUT2D eigenvalue weighted by molar-refractivity contribution is 5.95. The molecule has 0 radical (unpaired) electrons. The highest BCUT2D eigenvalue weighted by Gasteiger charge is 2.10. The minimum atomic E-state index is -0.483. The predicted molar refractivity (Wildman–Crippen MR) is 102 cm³/mol. The molecule has 0 aliphatic heterocycles. The highest BCUT2D eigenvalue weighted by atomic mass is 16.5. The highest BCUT2D eigenvalue weighted by Crippen LogP contribution is 2.22. The van der Waals surface area contributed by atoms with Crippen molar-refractivity contribution in [1.82, 2.24) is 9.97 Å². The van der Waals surface area contributed by atoms with Gasteiger partial charge in [0.1, 0.15) is 18.2 Å². The van der Waals surface area contributed by atoms with E-state index < -0.39 is 5.97 Å². The first-order chi connectivity index (χ1) is 13.1. The van der Waals surface area contributed by atoms with Crippen molar-refractivity contribution in [2.75, 3.05) is 7.11 Å². The zero-order valence-corrected chi connectivity index (χ0v) is 14.6. The summed E-state index contributed by atoms with van der Waals surface area (Å²) in [6.07, 6.45) is 0. The number of methoxy groups -OCH3 is 1. The van der Waals surface area contributed by atoms with Gasteiger partial charge in [-0.05, 0) is 47.2 Å². The largest absolute Gasteiger partial charge is 0.497 e. The molecule has 0 saturated heterocycles. The molecule has 4 rings (SSSR count). The van der Waals surface area contributed by atoms with E-state index in [-0.39, 0.29) is 12.2 Å². The first-order valence-corrected chi connectivity index (χ1v) is 8.37. The molecule has 134 valence electrons. The van der Waals surface area contributed by atoms with Crippen LogP contribution in [0.2, 0.25) is 0 Å². The molecule has 1 N–H and O–H groups in total. The smallest absolute Gasteiger partial charge is 0.338 e. The van der Waals surface area contributed by atoms with Crippen LogP contribution in [-0.4, -0.2) is 23.0 Å². The molecule has 0 unspecified atom stereocenters. The van der Waals surface area contributed by atoms with Crippen molar-refractivity contribution in [1.29, 1.82) is 0 Å². The number of H-pyrrole nitrogens is 1. The van der Waals surface area contributed by atoms with E-state index >= 15 is 0 Å². The summed E-state index contributed by atoms with van der Waals surface area (Å²) in [4.78, 5) is 31.4. The molecule has 0 aliphatic carbocycles. The van der Waals surface area contributed by atoms with Crippen LogP contribution in [0, 0.1) is 0 Å². The van der Waals surface area contributed by atoms with E-state index in [1.807, 2.05) is 24.3 Å². The fraction of sp³-hybridized carbons (Fsp3) is 0.0952. The average Bonchev–Trinajstić information content (AvgIpc) is 2.71. The summed E-state index contributed by atoms with van der Waals surface area (Å²) in [6.45, 7) is -0.112. The van der Waals surface area contributed by atoms with Crippen molar-refractivity contribution in [3.05, 3.63) is 82.4 Å². The molecule has 6 nitrogen and oxygen atoms in total. The third-order valence-corrected chi connectivity index (χ3v) is 4.28. The number of rotatable bonds is 4. The normalized spacial score (nSPS) is 10.9. The lowest BCUT2D eigenvalue weighted by atomic mass is 10.1. The van der Waals surface area contributed by atoms with Gasteiger partial charge in [0, 0.05) is 0 Å². The van der Waals surface area contributed by atoms with Crippen LogP contribution in [0.5, 0.6) is 5.75 Å². The minimum Gasteiger partial charge on any atom is -0.497 e. The van der Waals surface area contributed by atoms with E-state index in [1.165, 1.54) is 0 Å². The van der Waals surface area contributed by atoms with Gasteiger partial charge < -0.3 is 14.5 Å². The minimum absolute atomic E-state index is 0.112. The van der Waals surface area contributed by atoms with E-state index in [1.54, 1.807) is 43.5 Å². The Morgan fingerprint density at radius 2 is 1.81 bits per heavy atom. The van der Waals surface area contributed by atoms with Gasteiger partial charge in [-0.2, -0.15) is 0 Å². The molecule has 0 bridgehead atoms. The van der Waals surface area contributed by atoms with E-state index in [0.717, 1.165) is 16.5 Å². The molecule has 0 atom stereocenters. The fourth-order valence-electron chi connectivity index (χ4n) is 2.90. The van der Waals surface area contributed by atoms with Crippen molar-refractivity contribution in [3.63, 3.8) is 0 Å². The number of aromatic amines is 1. The van der Waals surface area contributed by atoms with Gasteiger partial charge in [-0.1, -0.05) is 24.3 Å². The summed E-state index contributed by atoms with van der Waals surface area (Å²) < 4.78 is 10.5. The number of nitrogens with zero attached hydrogens (tertiary/aromatic N) is 1. The summed E-state index contributed by atoms with van der Waals surface area (Å²) in [5.74, 6) is 0.574. The van der Waals surface area contributed by atoms with Crippen LogP contribution in [-0.2, 0) is 11.3 Å². The van der Waals surface area contributed by atoms with Crippen molar-refractivity contribution in [2.24, 2.45) is 0 Å². The Balaban J connectivity index is 1.54. The zero-order chi connectivity index (χ0) is 18.8. The monoisotopic (exact) mass is 360 g/mol. The Morgan fingerprint density at radius 1 is 1.04 bits per heavy atom. The quantitative estimate of drug-likeness (QED) is 0.564. The van der Waals surface area contributed by atoms with Crippen LogP contribution in [0.25, 0.3) is 21.7 Å². The summed E-state index contributed by atoms with van der Waals surface area (Å²) in [6, 6.07) is 17.9. The van der Waals surface area contributed by atoms with Crippen LogP contribution in [0.3, 0.4) is 0 Å². The Hall–Kier alpha value is -3.67. The van der Waals surface area contributed by atoms with Crippen LogP contribution < -0.4 is 10.3 Å². The molecular weight excluding hydrogens is 344 g/mol. The first kappa shape index (κ1) is 16.8. The van der Waals surface area contributed by atoms with Gasteiger partial charge in [0.15, 0.2) is 0 Å². The van der Waals surface area contributed by atoms with E-state index in [2.05, 4.69) is 9.97 Å². The van der Waals surface area contributed by atoms with Gasteiger partial charge in [0.05, 0.1) is 23.6 Å². The number of benzene rings is 3. The van der Waals surface area contributed by atoms with Crippen molar-refractivity contribution in [3.8, 4) is 5.75 Å². The third-order valence-electron chi connectivity index (χ3n) is 4.28. The summed E-state index contributed by atoms with van der Waals surface area (Å²) in [5, 5.41) is 2.37. The lowest BCUT2D eigenvalue weighted by Gasteiger charge is -2.07. The summed E-state index contributed by atoms with van der Waals surface area (Å²) in [7, 11) is 1.61. The Morgan fingerprint density at radius 3 is 2.67 bits per heavy atom. The maximum atomic E-state index is 12.4. The number of para-hydroxylation sites is 1. The van der Waals surface area contributed by atoms with Gasteiger partial charge >= 0.3 is 5.97 Å². The Kier molecular flexibility index (Phi) is 4.30. The molecule has 3 aromatic carbocycles. The van der Waals surface area contributed by atoms with Gasteiger partial charge in [0.2, 0.25) is 0 Å². The number of ether oxygens (including phenoxy) is 2. The number of carbonyl (C=O) groups is 1. The van der Waals surface area contributed by atoms with E-state index in [9.17, 15) is 9.59 Å². The number of aromatic nitrogens is 2. The Labute approximate surface area is 154 Å². The lowest BCUT2D eigenvalue weighted by molar-refractivity contribution is 0.0462. The number of hydrogen-bond acceptors (Lipinski definition) is 5. The zero-order valence-electron chi connectivity index (χ0n) is 14.6. The van der Waals surface area contributed by atoms with Gasteiger partial charge in [-0.25, -0.2) is 9.78 Å². The summed E-state index contributed by atoms with van der Waals surface area (Å²) in [5.41, 5.74) is 0.731. The molecule has 6 heteroatoms. The average molecular weight is 360 g/mol. The number of fused-ring (bicyclic) bond motifs is 2. The molecule has 27 heavy (non-hydrogen) atoms. The first-order valence-electron chi connectivity index (χ1n) is 8.37. The van der Waals surface area contributed by atoms with Crippen molar-refractivity contribution in [2.45, 2.75) is 6.61 Å².